The number of sulfonamides is 1. The maximum Gasteiger partial charge on any atom is 0.264 e. The Morgan fingerprint density at radius 3 is 2.15 bits per heavy atom. The van der Waals surface area contributed by atoms with Crippen molar-refractivity contribution >= 4 is 27.5 Å². The van der Waals surface area contributed by atoms with Gasteiger partial charge in [0.2, 0.25) is 11.8 Å². The first-order chi connectivity index (χ1) is 19.5. The highest BCUT2D eigenvalue weighted by Gasteiger charge is 2.33. The zero-order chi connectivity index (χ0) is 30.2. The lowest BCUT2D eigenvalue weighted by Crippen LogP contribution is -2.52. The van der Waals surface area contributed by atoms with E-state index in [2.05, 4.69) is 5.32 Å². The summed E-state index contributed by atoms with van der Waals surface area (Å²) in [6, 6.07) is 19.8. The second-order valence-corrected chi connectivity index (χ2v) is 12.4. The van der Waals surface area contributed by atoms with E-state index in [1.54, 1.807) is 49.6 Å². The van der Waals surface area contributed by atoms with Crippen molar-refractivity contribution in [1.29, 1.82) is 0 Å². The zero-order valence-corrected chi connectivity index (χ0v) is 25.6. The van der Waals surface area contributed by atoms with Gasteiger partial charge >= 0.3 is 0 Å². The van der Waals surface area contributed by atoms with Crippen molar-refractivity contribution in [2.45, 2.75) is 58.5 Å². The van der Waals surface area contributed by atoms with Crippen LogP contribution in [0.1, 0.15) is 43.9 Å². The standard InChI is InChI=1S/C32H41N3O5S/c1-7-30(32(37)33-20-23(2)3)34(21-26-14-17-28(40-6)18-15-26)31(36)22-35(27-16-13-24(4)25(5)19-27)41(38,39)29-11-9-8-10-12-29/h8-19,23,30H,7,20-22H2,1-6H3,(H,33,37). The lowest BCUT2D eigenvalue weighted by atomic mass is 10.1. The van der Waals surface area contributed by atoms with Crippen LogP contribution in [-0.2, 0) is 26.2 Å². The molecular weight excluding hydrogens is 538 g/mol. The Kier molecular flexibility index (Phi) is 10.9. The van der Waals surface area contributed by atoms with E-state index in [0.717, 1.165) is 21.0 Å². The van der Waals surface area contributed by atoms with E-state index in [0.29, 0.717) is 24.4 Å². The molecule has 0 aromatic heterocycles. The third-order valence-electron chi connectivity index (χ3n) is 6.97. The Bertz CT molecular complexity index is 1420. The number of anilines is 1. The maximum atomic E-state index is 14.1. The summed E-state index contributed by atoms with van der Waals surface area (Å²) in [5, 5.41) is 2.94. The summed E-state index contributed by atoms with van der Waals surface area (Å²) in [5.74, 6) is 0.151. The lowest BCUT2D eigenvalue weighted by molar-refractivity contribution is -0.140. The van der Waals surface area contributed by atoms with Gasteiger partial charge in [-0.15, -0.1) is 0 Å². The molecule has 0 aliphatic carbocycles. The molecule has 0 radical (unpaired) electrons. The van der Waals surface area contributed by atoms with E-state index in [4.69, 9.17) is 4.74 Å². The van der Waals surface area contributed by atoms with Crippen molar-refractivity contribution in [1.82, 2.24) is 10.2 Å². The number of hydrogen-bond donors (Lipinski definition) is 1. The molecule has 1 atom stereocenters. The number of nitrogens with zero attached hydrogens (tertiary/aromatic N) is 2. The molecule has 9 heteroatoms. The largest absolute Gasteiger partial charge is 0.497 e. The number of carbonyl (C=O) groups is 2. The molecule has 0 aliphatic rings. The first-order valence-corrected chi connectivity index (χ1v) is 15.3. The van der Waals surface area contributed by atoms with Crippen LogP contribution >= 0.6 is 0 Å². The van der Waals surface area contributed by atoms with Gasteiger partial charge in [-0.1, -0.05) is 57.2 Å². The Hall–Kier alpha value is -3.85. The van der Waals surface area contributed by atoms with Crippen LogP contribution in [0, 0.1) is 19.8 Å². The van der Waals surface area contributed by atoms with Gasteiger partial charge in [0.05, 0.1) is 17.7 Å². The van der Waals surface area contributed by atoms with E-state index in [9.17, 15) is 18.0 Å². The predicted octanol–water partition coefficient (Wildman–Crippen LogP) is 5.09. The molecule has 220 valence electrons. The zero-order valence-electron chi connectivity index (χ0n) is 24.8. The minimum Gasteiger partial charge on any atom is -0.497 e. The molecule has 0 saturated heterocycles. The molecule has 41 heavy (non-hydrogen) atoms. The van der Waals surface area contributed by atoms with Gasteiger partial charge in [-0.2, -0.15) is 0 Å². The summed E-state index contributed by atoms with van der Waals surface area (Å²) < 4.78 is 34.3. The molecule has 0 aliphatic heterocycles. The Morgan fingerprint density at radius 1 is 0.927 bits per heavy atom. The number of ether oxygens (including phenoxy) is 1. The van der Waals surface area contributed by atoms with Gasteiger partial charge in [-0.25, -0.2) is 8.42 Å². The molecule has 1 unspecified atom stereocenters. The minimum absolute atomic E-state index is 0.0782. The fourth-order valence-corrected chi connectivity index (χ4v) is 5.83. The quantitative estimate of drug-likeness (QED) is 0.305. The van der Waals surface area contributed by atoms with Gasteiger partial charge in [0.1, 0.15) is 18.3 Å². The van der Waals surface area contributed by atoms with Gasteiger partial charge in [-0.05, 0) is 79.3 Å². The molecule has 3 aromatic rings. The number of methoxy groups -OCH3 is 1. The molecule has 2 amide bonds. The number of carbonyl (C=O) groups excluding carboxylic acids is 2. The van der Waals surface area contributed by atoms with Gasteiger partial charge < -0.3 is 15.0 Å². The highest BCUT2D eigenvalue weighted by molar-refractivity contribution is 7.92. The Morgan fingerprint density at radius 2 is 1.59 bits per heavy atom. The average Bonchev–Trinajstić information content (AvgIpc) is 2.96. The molecule has 0 bridgehead atoms. The fourth-order valence-electron chi connectivity index (χ4n) is 4.40. The van der Waals surface area contributed by atoms with E-state index >= 15 is 0 Å². The molecule has 3 aromatic carbocycles. The molecule has 3 rings (SSSR count). The second kappa shape index (κ2) is 14.2. The summed E-state index contributed by atoms with van der Waals surface area (Å²) in [7, 11) is -2.52. The van der Waals surface area contributed by atoms with Gasteiger partial charge in [0.15, 0.2) is 0 Å². The number of rotatable bonds is 13. The van der Waals surface area contributed by atoms with Crippen molar-refractivity contribution in [2.75, 3.05) is 24.5 Å². The Balaban J connectivity index is 2.05. The number of aryl methyl sites for hydroxylation is 2. The minimum atomic E-state index is -4.10. The van der Waals surface area contributed by atoms with Crippen LogP contribution in [0.4, 0.5) is 5.69 Å². The SMILES string of the molecule is CCC(C(=O)NCC(C)C)N(Cc1ccc(OC)cc1)C(=O)CN(c1ccc(C)c(C)c1)S(=O)(=O)c1ccccc1. The van der Waals surface area contributed by atoms with Crippen LogP contribution in [0.2, 0.25) is 0 Å². The summed E-state index contributed by atoms with van der Waals surface area (Å²) in [6.07, 6.45) is 0.362. The number of amides is 2. The van der Waals surface area contributed by atoms with Gasteiger partial charge in [-0.3, -0.25) is 13.9 Å². The van der Waals surface area contributed by atoms with Crippen molar-refractivity contribution in [3.63, 3.8) is 0 Å². The van der Waals surface area contributed by atoms with Crippen molar-refractivity contribution < 1.29 is 22.7 Å². The van der Waals surface area contributed by atoms with Gasteiger partial charge in [0.25, 0.3) is 10.0 Å². The van der Waals surface area contributed by atoms with Crippen LogP contribution in [-0.4, -0.2) is 51.4 Å². The van der Waals surface area contributed by atoms with E-state index in [-0.39, 0.29) is 23.3 Å². The van der Waals surface area contributed by atoms with E-state index in [1.165, 1.54) is 17.0 Å². The average molecular weight is 580 g/mol. The van der Waals surface area contributed by atoms with E-state index < -0.39 is 28.5 Å². The fraction of sp³-hybridized carbons (Fsp3) is 0.375. The summed E-state index contributed by atoms with van der Waals surface area (Å²) in [5.41, 5.74) is 3.08. The monoisotopic (exact) mass is 579 g/mol. The van der Waals surface area contributed by atoms with Crippen molar-refractivity contribution in [2.24, 2.45) is 5.92 Å². The second-order valence-electron chi connectivity index (χ2n) is 10.5. The highest BCUT2D eigenvalue weighted by Crippen LogP contribution is 2.27. The predicted molar refractivity (Wildman–Crippen MR) is 162 cm³/mol. The summed E-state index contributed by atoms with van der Waals surface area (Å²) in [4.78, 5) is 29.0. The maximum absolute atomic E-state index is 14.1. The van der Waals surface area contributed by atoms with Crippen LogP contribution in [0.25, 0.3) is 0 Å². The number of hydrogen-bond acceptors (Lipinski definition) is 5. The van der Waals surface area contributed by atoms with Crippen molar-refractivity contribution in [3.05, 3.63) is 89.5 Å². The van der Waals surface area contributed by atoms with Crippen molar-refractivity contribution in [3.8, 4) is 5.75 Å². The molecule has 8 nitrogen and oxygen atoms in total. The van der Waals surface area contributed by atoms with Crippen LogP contribution < -0.4 is 14.4 Å². The van der Waals surface area contributed by atoms with Crippen LogP contribution in [0.15, 0.2) is 77.7 Å². The van der Waals surface area contributed by atoms with E-state index in [1.807, 2.05) is 52.8 Å². The molecule has 0 fully saturated rings. The molecular formula is C32H41N3O5S. The number of nitrogens with one attached hydrogen (secondary N) is 1. The topological polar surface area (TPSA) is 96.0 Å². The van der Waals surface area contributed by atoms with Gasteiger partial charge in [0, 0.05) is 13.1 Å². The first-order valence-electron chi connectivity index (χ1n) is 13.8. The third kappa shape index (κ3) is 8.10. The smallest absolute Gasteiger partial charge is 0.264 e. The third-order valence-corrected chi connectivity index (χ3v) is 8.76. The molecule has 0 heterocycles. The highest BCUT2D eigenvalue weighted by atomic mass is 32.2. The lowest BCUT2D eigenvalue weighted by Gasteiger charge is -2.33. The summed E-state index contributed by atoms with van der Waals surface area (Å²) in [6.45, 7) is 9.81. The molecule has 0 saturated carbocycles. The normalized spacial score (nSPS) is 12.1. The molecule has 1 N–H and O–H groups in total. The van der Waals surface area contributed by atoms with Crippen LogP contribution in [0.3, 0.4) is 0 Å². The first kappa shape index (κ1) is 31.7. The number of benzene rings is 3. The Labute approximate surface area is 244 Å². The van der Waals surface area contributed by atoms with Crippen LogP contribution in [0.5, 0.6) is 5.75 Å². The molecule has 0 spiro atoms. The summed E-state index contributed by atoms with van der Waals surface area (Å²) >= 11 is 0.